The summed E-state index contributed by atoms with van der Waals surface area (Å²) in [7, 11) is 1.70. The first-order valence-electron chi connectivity index (χ1n) is 6.17. The smallest absolute Gasteiger partial charge is 0.125 e. The molecule has 1 aromatic carbocycles. The molecule has 0 bridgehead atoms. The molecule has 0 saturated heterocycles. The molecule has 96 valence electrons. The van der Waals surface area contributed by atoms with Gasteiger partial charge in [0.05, 0.1) is 19.4 Å². The largest absolute Gasteiger partial charge is 0.496 e. The van der Waals surface area contributed by atoms with Gasteiger partial charge < -0.3 is 14.5 Å². The van der Waals surface area contributed by atoms with E-state index < -0.39 is 0 Å². The Morgan fingerprint density at radius 1 is 1.33 bits per heavy atom. The van der Waals surface area contributed by atoms with Gasteiger partial charge in [-0.15, -0.1) is 0 Å². The van der Waals surface area contributed by atoms with Crippen molar-refractivity contribution in [1.29, 1.82) is 0 Å². The highest BCUT2D eigenvalue weighted by Crippen LogP contribution is 2.27. The summed E-state index contributed by atoms with van der Waals surface area (Å²) in [6.07, 6.45) is 1.70. The Morgan fingerprint density at radius 2 is 2.17 bits per heavy atom. The number of hydrogen-bond acceptors (Lipinski definition) is 3. The third-order valence-corrected chi connectivity index (χ3v) is 3.00. The Kier molecular flexibility index (Phi) is 4.05. The fraction of sp³-hybridized carbons (Fsp3) is 0.333. The van der Waals surface area contributed by atoms with Gasteiger partial charge in [-0.3, -0.25) is 0 Å². The van der Waals surface area contributed by atoms with Gasteiger partial charge in [0.15, 0.2) is 0 Å². The minimum atomic E-state index is 0.0690. The van der Waals surface area contributed by atoms with Crippen LogP contribution in [0.5, 0.6) is 5.75 Å². The molecule has 1 aromatic heterocycles. The fourth-order valence-corrected chi connectivity index (χ4v) is 2.06. The number of aryl methyl sites for hydroxylation is 1. The summed E-state index contributed by atoms with van der Waals surface area (Å²) in [6.45, 7) is 5.00. The van der Waals surface area contributed by atoms with Crippen LogP contribution in [-0.4, -0.2) is 13.7 Å². The van der Waals surface area contributed by atoms with E-state index in [1.54, 1.807) is 13.4 Å². The van der Waals surface area contributed by atoms with Crippen molar-refractivity contribution in [2.24, 2.45) is 0 Å². The number of benzene rings is 1. The van der Waals surface area contributed by atoms with E-state index >= 15 is 0 Å². The number of hydrogen-bond donors (Lipinski definition) is 1. The first-order chi connectivity index (χ1) is 8.76. The van der Waals surface area contributed by atoms with E-state index in [2.05, 4.69) is 30.4 Å². The Labute approximate surface area is 108 Å². The van der Waals surface area contributed by atoms with Crippen molar-refractivity contribution >= 4 is 0 Å². The number of furan rings is 1. The van der Waals surface area contributed by atoms with Crippen molar-refractivity contribution in [3.8, 4) is 5.75 Å². The van der Waals surface area contributed by atoms with Crippen LogP contribution >= 0.6 is 0 Å². The van der Waals surface area contributed by atoms with Crippen molar-refractivity contribution in [2.45, 2.75) is 19.9 Å². The summed E-state index contributed by atoms with van der Waals surface area (Å²) in [5.41, 5.74) is 2.28. The molecule has 3 heteroatoms. The van der Waals surface area contributed by atoms with Gasteiger partial charge in [-0.25, -0.2) is 0 Å². The molecule has 18 heavy (non-hydrogen) atoms. The van der Waals surface area contributed by atoms with Crippen LogP contribution < -0.4 is 10.1 Å². The monoisotopic (exact) mass is 245 g/mol. The maximum Gasteiger partial charge on any atom is 0.125 e. The maximum atomic E-state index is 5.50. The second-order valence-corrected chi connectivity index (χ2v) is 4.24. The molecule has 0 aliphatic heterocycles. The SMILES string of the molecule is CCNC(c1ccc(C)c(OC)c1)c1ccco1. The zero-order valence-electron chi connectivity index (χ0n) is 11.1. The molecule has 0 saturated carbocycles. The van der Waals surface area contributed by atoms with Gasteiger partial charge in [0, 0.05) is 0 Å². The molecule has 0 radical (unpaired) electrons. The van der Waals surface area contributed by atoms with Crippen LogP contribution in [0.25, 0.3) is 0 Å². The molecule has 1 atom stereocenters. The molecule has 0 aliphatic carbocycles. The predicted octanol–water partition coefficient (Wildman–Crippen LogP) is 3.30. The lowest BCUT2D eigenvalue weighted by Crippen LogP contribution is -2.21. The standard InChI is InChI=1S/C15H19NO2/c1-4-16-15(13-6-5-9-18-13)12-8-7-11(2)14(10-12)17-3/h5-10,15-16H,4H2,1-3H3. The van der Waals surface area contributed by atoms with Gasteiger partial charge in [0.1, 0.15) is 11.5 Å². The summed E-state index contributed by atoms with van der Waals surface area (Å²) >= 11 is 0. The van der Waals surface area contributed by atoms with Crippen LogP contribution in [0.1, 0.15) is 29.9 Å². The minimum absolute atomic E-state index is 0.0690. The lowest BCUT2D eigenvalue weighted by Gasteiger charge is -2.17. The van der Waals surface area contributed by atoms with Crippen molar-refractivity contribution in [3.63, 3.8) is 0 Å². The van der Waals surface area contributed by atoms with Crippen LogP contribution in [0.4, 0.5) is 0 Å². The molecule has 2 aromatic rings. The molecule has 1 heterocycles. The molecule has 0 aliphatic rings. The van der Waals surface area contributed by atoms with E-state index in [0.29, 0.717) is 0 Å². The minimum Gasteiger partial charge on any atom is -0.496 e. The van der Waals surface area contributed by atoms with E-state index in [-0.39, 0.29) is 6.04 Å². The first-order valence-corrected chi connectivity index (χ1v) is 6.17. The van der Waals surface area contributed by atoms with Gasteiger partial charge in [-0.05, 0) is 42.8 Å². The van der Waals surface area contributed by atoms with Crippen molar-refractivity contribution in [1.82, 2.24) is 5.32 Å². The van der Waals surface area contributed by atoms with E-state index in [1.165, 1.54) is 0 Å². The van der Waals surface area contributed by atoms with Crippen molar-refractivity contribution in [2.75, 3.05) is 13.7 Å². The molecule has 2 rings (SSSR count). The Bertz CT molecular complexity index is 491. The molecular formula is C15H19NO2. The molecule has 0 amide bonds. The van der Waals surface area contributed by atoms with Gasteiger partial charge >= 0.3 is 0 Å². The second kappa shape index (κ2) is 5.74. The summed E-state index contributed by atoms with van der Waals surface area (Å²) in [5.74, 6) is 1.82. The normalized spacial score (nSPS) is 12.4. The summed E-state index contributed by atoms with van der Waals surface area (Å²) in [6, 6.07) is 10.2. The molecule has 1 N–H and O–H groups in total. The van der Waals surface area contributed by atoms with E-state index in [0.717, 1.165) is 29.2 Å². The third-order valence-electron chi connectivity index (χ3n) is 3.00. The lowest BCUT2D eigenvalue weighted by atomic mass is 10.0. The Balaban J connectivity index is 2.36. The Hall–Kier alpha value is -1.74. The summed E-state index contributed by atoms with van der Waals surface area (Å²) in [4.78, 5) is 0. The number of methoxy groups -OCH3 is 1. The quantitative estimate of drug-likeness (QED) is 0.877. The molecular weight excluding hydrogens is 226 g/mol. The molecule has 0 spiro atoms. The molecule has 3 nitrogen and oxygen atoms in total. The zero-order chi connectivity index (χ0) is 13.0. The molecule has 0 fully saturated rings. The fourth-order valence-electron chi connectivity index (χ4n) is 2.06. The predicted molar refractivity (Wildman–Crippen MR) is 72.0 cm³/mol. The van der Waals surface area contributed by atoms with Crippen LogP contribution in [0.15, 0.2) is 41.0 Å². The number of nitrogens with one attached hydrogen (secondary N) is 1. The summed E-state index contributed by atoms with van der Waals surface area (Å²) < 4.78 is 10.9. The van der Waals surface area contributed by atoms with Crippen LogP contribution in [0.3, 0.4) is 0 Å². The van der Waals surface area contributed by atoms with Crippen LogP contribution in [0, 0.1) is 6.92 Å². The zero-order valence-corrected chi connectivity index (χ0v) is 11.1. The van der Waals surface area contributed by atoms with Gasteiger partial charge in [-0.1, -0.05) is 19.1 Å². The van der Waals surface area contributed by atoms with Gasteiger partial charge in [0.25, 0.3) is 0 Å². The average molecular weight is 245 g/mol. The van der Waals surface area contributed by atoms with Gasteiger partial charge in [-0.2, -0.15) is 0 Å². The van der Waals surface area contributed by atoms with E-state index in [9.17, 15) is 0 Å². The lowest BCUT2D eigenvalue weighted by molar-refractivity contribution is 0.408. The third kappa shape index (κ3) is 2.57. The second-order valence-electron chi connectivity index (χ2n) is 4.24. The van der Waals surface area contributed by atoms with E-state index in [1.807, 2.05) is 19.1 Å². The van der Waals surface area contributed by atoms with Crippen LogP contribution in [-0.2, 0) is 0 Å². The van der Waals surface area contributed by atoms with Crippen LogP contribution in [0.2, 0.25) is 0 Å². The number of rotatable bonds is 5. The number of ether oxygens (including phenoxy) is 1. The average Bonchev–Trinajstić information content (AvgIpc) is 2.90. The summed E-state index contributed by atoms with van der Waals surface area (Å²) in [5, 5.41) is 3.42. The van der Waals surface area contributed by atoms with E-state index in [4.69, 9.17) is 9.15 Å². The van der Waals surface area contributed by atoms with Crippen molar-refractivity contribution in [3.05, 3.63) is 53.5 Å². The topological polar surface area (TPSA) is 34.4 Å². The highest BCUT2D eigenvalue weighted by atomic mass is 16.5. The van der Waals surface area contributed by atoms with Crippen molar-refractivity contribution < 1.29 is 9.15 Å². The molecule has 1 unspecified atom stereocenters. The highest BCUT2D eigenvalue weighted by molar-refractivity contribution is 5.39. The van der Waals surface area contributed by atoms with Gasteiger partial charge in [0.2, 0.25) is 0 Å². The maximum absolute atomic E-state index is 5.50. The Morgan fingerprint density at radius 3 is 2.78 bits per heavy atom. The first kappa shape index (κ1) is 12.7. The highest BCUT2D eigenvalue weighted by Gasteiger charge is 2.16.